The molecule has 1 aliphatic heterocycles. The maximum Gasteiger partial charge on any atom is 0.321 e. The van der Waals surface area contributed by atoms with Gasteiger partial charge in [-0.1, -0.05) is 18.2 Å². The molecule has 6 heteroatoms. The summed E-state index contributed by atoms with van der Waals surface area (Å²) in [6, 6.07) is 6.61. The van der Waals surface area contributed by atoms with Gasteiger partial charge in [-0.3, -0.25) is 14.5 Å². The van der Waals surface area contributed by atoms with Crippen LogP contribution >= 0.6 is 0 Å². The van der Waals surface area contributed by atoms with Gasteiger partial charge in [-0.05, 0) is 18.6 Å². The molecule has 1 aromatic rings. The van der Waals surface area contributed by atoms with Gasteiger partial charge in [0.2, 0.25) is 5.91 Å². The van der Waals surface area contributed by atoms with Crippen LogP contribution in [0.4, 0.5) is 5.69 Å². The zero-order valence-electron chi connectivity index (χ0n) is 12.0. The highest BCUT2D eigenvalue weighted by Gasteiger charge is 2.29. The Morgan fingerprint density at radius 3 is 2.62 bits per heavy atom. The predicted octanol–water partition coefficient (Wildman–Crippen LogP) is 1.11. The Hall–Kier alpha value is -1.92. The molecule has 0 aromatic heterocycles. The van der Waals surface area contributed by atoms with Gasteiger partial charge < -0.3 is 15.2 Å². The summed E-state index contributed by atoms with van der Waals surface area (Å²) in [5.41, 5.74) is 1.66. The maximum absolute atomic E-state index is 12.1. The molecule has 114 valence electrons. The van der Waals surface area contributed by atoms with Gasteiger partial charge in [0.05, 0.1) is 19.6 Å². The SMILES string of the molecule is Cc1ccccc1NC(=O)C[C@H](C(=O)O)N1CCOCC1. The Morgan fingerprint density at radius 1 is 1.33 bits per heavy atom. The van der Waals surface area contributed by atoms with Gasteiger partial charge in [0.15, 0.2) is 0 Å². The highest BCUT2D eigenvalue weighted by molar-refractivity contribution is 5.94. The van der Waals surface area contributed by atoms with E-state index in [1.165, 1.54) is 0 Å². The van der Waals surface area contributed by atoms with Gasteiger partial charge in [-0.2, -0.15) is 0 Å². The number of aryl methyl sites for hydroxylation is 1. The van der Waals surface area contributed by atoms with E-state index in [2.05, 4.69) is 5.32 Å². The molecule has 6 nitrogen and oxygen atoms in total. The largest absolute Gasteiger partial charge is 0.480 e. The number of hydrogen-bond acceptors (Lipinski definition) is 4. The fraction of sp³-hybridized carbons (Fsp3) is 0.467. The number of rotatable bonds is 5. The molecule has 0 aliphatic carbocycles. The molecule has 0 unspecified atom stereocenters. The zero-order valence-corrected chi connectivity index (χ0v) is 12.0. The smallest absolute Gasteiger partial charge is 0.321 e. The highest BCUT2D eigenvalue weighted by atomic mass is 16.5. The van der Waals surface area contributed by atoms with Gasteiger partial charge >= 0.3 is 5.97 Å². The lowest BCUT2D eigenvalue weighted by atomic mass is 10.1. The summed E-state index contributed by atoms with van der Waals surface area (Å²) in [5.74, 6) is -1.26. The molecule has 1 saturated heterocycles. The zero-order chi connectivity index (χ0) is 15.2. The predicted molar refractivity (Wildman–Crippen MR) is 78.2 cm³/mol. The summed E-state index contributed by atoms with van der Waals surface area (Å²) >= 11 is 0. The van der Waals surface area contributed by atoms with E-state index in [0.717, 1.165) is 5.56 Å². The molecule has 21 heavy (non-hydrogen) atoms. The minimum Gasteiger partial charge on any atom is -0.480 e. The number of para-hydroxylation sites is 1. The normalized spacial score (nSPS) is 17.2. The Bertz CT molecular complexity index is 512. The Morgan fingerprint density at radius 2 is 2.00 bits per heavy atom. The van der Waals surface area contributed by atoms with E-state index in [1.54, 1.807) is 11.0 Å². The number of carbonyl (C=O) groups is 2. The van der Waals surface area contributed by atoms with Gasteiger partial charge in [-0.25, -0.2) is 0 Å². The van der Waals surface area contributed by atoms with Crippen LogP contribution in [0.15, 0.2) is 24.3 Å². The van der Waals surface area contributed by atoms with Crippen molar-refractivity contribution in [3.05, 3.63) is 29.8 Å². The van der Waals surface area contributed by atoms with E-state index < -0.39 is 12.0 Å². The molecule has 0 saturated carbocycles. The summed E-state index contributed by atoms with van der Waals surface area (Å²) < 4.78 is 5.21. The second-order valence-electron chi connectivity index (χ2n) is 5.07. The second-order valence-corrected chi connectivity index (χ2v) is 5.07. The number of anilines is 1. The molecular weight excluding hydrogens is 272 g/mol. The number of carboxylic acid groups (broad SMARTS) is 1. The fourth-order valence-electron chi connectivity index (χ4n) is 2.35. The number of nitrogens with zero attached hydrogens (tertiary/aromatic N) is 1. The lowest BCUT2D eigenvalue weighted by Gasteiger charge is -2.31. The van der Waals surface area contributed by atoms with Gasteiger partial charge in [-0.15, -0.1) is 0 Å². The van der Waals surface area contributed by atoms with Gasteiger partial charge in [0.1, 0.15) is 6.04 Å². The molecular formula is C15H20N2O4. The van der Waals surface area contributed by atoms with E-state index in [1.807, 2.05) is 25.1 Å². The third-order valence-electron chi connectivity index (χ3n) is 3.57. The van der Waals surface area contributed by atoms with Crippen LogP contribution in [0.5, 0.6) is 0 Å². The average Bonchev–Trinajstić information content (AvgIpc) is 2.48. The van der Waals surface area contributed by atoms with E-state index in [-0.39, 0.29) is 12.3 Å². The summed E-state index contributed by atoms with van der Waals surface area (Å²) in [5, 5.41) is 12.1. The first-order valence-electron chi connectivity index (χ1n) is 6.98. The minimum absolute atomic E-state index is 0.0658. The first-order valence-corrected chi connectivity index (χ1v) is 6.98. The molecule has 1 aromatic carbocycles. The monoisotopic (exact) mass is 292 g/mol. The van der Waals surface area contributed by atoms with Crippen LogP contribution < -0.4 is 5.32 Å². The summed E-state index contributed by atoms with van der Waals surface area (Å²) in [7, 11) is 0. The Balaban J connectivity index is 1.98. The standard InChI is InChI=1S/C15H20N2O4/c1-11-4-2-3-5-12(11)16-14(18)10-13(15(19)20)17-6-8-21-9-7-17/h2-5,13H,6-10H2,1H3,(H,16,18)(H,19,20)/t13-/m1/s1. The number of carbonyl (C=O) groups excluding carboxylic acids is 1. The van der Waals surface area contributed by atoms with Crippen molar-refractivity contribution in [1.82, 2.24) is 4.90 Å². The molecule has 1 atom stereocenters. The maximum atomic E-state index is 12.1. The molecule has 1 amide bonds. The Kier molecular flexibility index (Phi) is 5.30. The number of ether oxygens (including phenoxy) is 1. The molecule has 1 fully saturated rings. The van der Waals surface area contributed by atoms with Crippen molar-refractivity contribution < 1.29 is 19.4 Å². The van der Waals surface area contributed by atoms with E-state index in [4.69, 9.17) is 4.74 Å². The number of morpholine rings is 1. The Labute approximate surface area is 123 Å². The van der Waals surface area contributed by atoms with Crippen LogP contribution in [-0.4, -0.2) is 54.2 Å². The molecule has 0 spiro atoms. The van der Waals surface area contributed by atoms with Crippen molar-refractivity contribution in [2.75, 3.05) is 31.6 Å². The third-order valence-corrected chi connectivity index (χ3v) is 3.57. The number of nitrogens with one attached hydrogen (secondary N) is 1. The topological polar surface area (TPSA) is 78.9 Å². The fourth-order valence-corrected chi connectivity index (χ4v) is 2.35. The van der Waals surface area contributed by atoms with Crippen molar-refractivity contribution in [3.8, 4) is 0 Å². The quantitative estimate of drug-likeness (QED) is 0.850. The van der Waals surface area contributed by atoms with Crippen molar-refractivity contribution in [3.63, 3.8) is 0 Å². The summed E-state index contributed by atoms with van der Waals surface area (Å²) in [6.07, 6.45) is -0.0658. The molecule has 2 N–H and O–H groups in total. The first kappa shape index (κ1) is 15.5. The number of aliphatic carboxylic acids is 1. The van der Waals surface area contributed by atoms with Crippen LogP contribution in [0, 0.1) is 6.92 Å². The second kappa shape index (κ2) is 7.19. The third kappa shape index (κ3) is 4.27. The van der Waals surface area contributed by atoms with Crippen LogP contribution in [0.3, 0.4) is 0 Å². The molecule has 0 bridgehead atoms. The summed E-state index contributed by atoms with van der Waals surface area (Å²) in [4.78, 5) is 25.3. The first-order chi connectivity index (χ1) is 10.1. The van der Waals surface area contributed by atoms with E-state index in [0.29, 0.717) is 32.0 Å². The van der Waals surface area contributed by atoms with Crippen molar-refractivity contribution >= 4 is 17.6 Å². The van der Waals surface area contributed by atoms with Gasteiger partial charge in [0, 0.05) is 18.8 Å². The van der Waals surface area contributed by atoms with Crippen molar-refractivity contribution in [1.29, 1.82) is 0 Å². The highest BCUT2D eigenvalue weighted by Crippen LogP contribution is 2.15. The minimum atomic E-state index is -0.975. The van der Waals surface area contributed by atoms with E-state index >= 15 is 0 Å². The number of benzene rings is 1. The van der Waals surface area contributed by atoms with Crippen LogP contribution in [0.25, 0.3) is 0 Å². The number of carboxylic acids is 1. The number of hydrogen-bond donors (Lipinski definition) is 2. The van der Waals surface area contributed by atoms with Gasteiger partial charge in [0.25, 0.3) is 0 Å². The van der Waals surface area contributed by atoms with Crippen LogP contribution in [0.1, 0.15) is 12.0 Å². The van der Waals surface area contributed by atoms with Crippen LogP contribution in [-0.2, 0) is 14.3 Å². The average molecular weight is 292 g/mol. The lowest BCUT2D eigenvalue weighted by molar-refractivity contribution is -0.147. The molecule has 1 aliphatic rings. The number of amides is 1. The summed E-state index contributed by atoms with van der Waals surface area (Å²) in [6.45, 7) is 3.97. The van der Waals surface area contributed by atoms with E-state index in [9.17, 15) is 14.7 Å². The van der Waals surface area contributed by atoms with Crippen molar-refractivity contribution in [2.24, 2.45) is 0 Å². The van der Waals surface area contributed by atoms with Crippen LogP contribution in [0.2, 0.25) is 0 Å². The molecule has 0 radical (unpaired) electrons. The molecule has 2 rings (SSSR count). The lowest BCUT2D eigenvalue weighted by Crippen LogP contribution is -2.48. The van der Waals surface area contributed by atoms with Crippen molar-refractivity contribution in [2.45, 2.75) is 19.4 Å². The molecule has 1 heterocycles.